The highest BCUT2D eigenvalue weighted by atomic mass is 16.5. The minimum Gasteiger partial charge on any atom is -0.494 e. The van der Waals surface area contributed by atoms with Gasteiger partial charge in [0, 0.05) is 39.7 Å². The zero-order valence-corrected chi connectivity index (χ0v) is 18.4. The summed E-state index contributed by atoms with van der Waals surface area (Å²) >= 11 is 0. The lowest BCUT2D eigenvalue weighted by atomic mass is 10.2. The van der Waals surface area contributed by atoms with E-state index in [1.54, 1.807) is 6.33 Å². The predicted molar refractivity (Wildman–Crippen MR) is 118 cm³/mol. The molecule has 0 aliphatic carbocycles. The third kappa shape index (κ3) is 6.45. The number of rotatable bonds is 10. The molecule has 0 radical (unpaired) electrons. The van der Waals surface area contributed by atoms with Gasteiger partial charge in [-0.15, -0.1) is 10.2 Å². The molecule has 164 valence electrons. The molecule has 30 heavy (non-hydrogen) atoms. The molecular formula is C22H34N6O2. The Labute approximate surface area is 179 Å². The van der Waals surface area contributed by atoms with Gasteiger partial charge in [0.25, 0.3) is 0 Å². The second-order valence-corrected chi connectivity index (χ2v) is 7.45. The van der Waals surface area contributed by atoms with E-state index in [-0.39, 0.29) is 6.10 Å². The van der Waals surface area contributed by atoms with E-state index in [0.29, 0.717) is 13.2 Å². The Bertz CT molecular complexity index is 783. The van der Waals surface area contributed by atoms with Gasteiger partial charge in [0.1, 0.15) is 17.9 Å². The van der Waals surface area contributed by atoms with Crippen LogP contribution in [0.25, 0.3) is 0 Å². The number of aryl methyl sites for hydroxylation is 1. The lowest BCUT2D eigenvalue weighted by Gasteiger charge is -2.23. The Balaban J connectivity index is 1.60. The fraction of sp³-hybridized carbons (Fsp3) is 0.591. The van der Waals surface area contributed by atoms with E-state index in [4.69, 9.17) is 14.5 Å². The van der Waals surface area contributed by atoms with Crippen molar-refractivity contribution in [2.24, 2.45) is 4.99 Å². The molecule has 0 bridgehead atoms. The molecule has 1 saturated heterocycles. The maximum Gasteiger partial charge on any atom is 0.194 e. The number of hydrogen-bond donors (Lipinski definition) is 1. The quantitative estimate of drug-likeness (QED) is 0.476. The summed E-state index contributed by atoms with van der Waals surface area (Å²) < 4.78 is 13.4. The number of aromatic nitrogens is 3. The molecule has 0 amide bonds. The molecule has 2 aromatic rings. The lowest BCUT2D eigenvalue weighted by Crippen LogP contribution is -2.40. The second-order valence-electron chi connectivity index (χ2n) is 7.45. The van der Waals surface area contributed by atoms with Crippen molar-refractivity contribution in [2.45, 2.75) is 52.3 Å². The van der Waals surface area contributed by atoms with Crippen LogP contribution < -0.4 is 10.1 Å². The van der Waals surface area contributed by atoms with E-state index in [0.717, 1.165) is 63.0 Å². The summed E-state index contributed by atoms with van der Waals surface area (Å²) in [7, 11) is 2.06. The van der Waals surface area contributed by atoms with Crippen molar-refractivity contribution in [2.75, 3.05) is 33.4 Å². The average molecular weight is 415 g/mol. The largest absolute Gasteiger partial charge is 0.494 e. The van der Waals surface area contributed by atoms with Crippen molar-refractivity contribution in [3.63, 3.8) is 0 Å². The minimum atomic E-state index is 0.227. The summed E-state index contributed by atoms with van der Waals surface area (Å²) in [5, 5.41) is 11.7. The molecule has 8 nitrogen and oxygen atoms in total. The molecule has 1 aromatic carbocycles. The van der Waals surface area contributed by atoms with Crippen molar-refractivity contribution in [1.29, 1.82) is 0 Å². The molecular weight excluding hydrogens is 380 g/mol. The Morgan fingerprint density at radius 1 is 1.33 bits per heavy atom. The van der Waals surface area contributed by atoms with Crippen LogP contribution in [0.1, 0.15) is 38.1 Å². The fourth-order valence-corrected chi connectivity index (χ4v) is 3.52. The molecule has 1 N–H and O–H groups in total. The Kier molecular flexibility index (Phi) is 8.50. The number of nitrogens with one attached hydrogen (secondary N) is 1. The third-order valence-electron chi connectivity index (χ3n) is 5.13. The van der Waals surface area contributed by atoms with E-state index in [1.165, 1.54) is 5.56 Å². The van der Waals surface area contributed by atoms with Crippen LogP contribution >= 0.6 is 0 Å². The van der Waals surface area contributed by atoms with Crippen LogP contribution in [-0.4, -0.2) is 65.1 Å². The maximum atomic E-state index is 5.74. The molecule has 1 aliphatic heterocycles. The molecule has 1 aliphatic rings. The molecule has 0 spiro atoms. The van der Waals surface area contributed by atoms with Crippen LogP contribution in [0.3, 0.4) is 0 Å². The number of benzene rings is 1. The zero-order chi connectivity index (χ0) is 21.2. The maximum absolute atomic E-state index is 5.74. The van der Waals surface area contributed by atoms with Crippen molar-refractivity contribution >= 4 is 5.96 Å². The Morgan fingerprint density at radius 2 is 2.17 bits per heavy atom. The van der Waals surface area contributed by atoms with E-state index in [9.17, 15) is 0 Å². The molecule has 8 heteroatoms. The summed E-state index contributed by atoms with van der Waals surface area (Å²) in [5.41, 5.74) is 1.21. The summed E-state index contributed by atoms with van der Waals surface area (Å²) in [6, 6.07) is 8.23. The molecule has 3 rings (SSSR count). The normalized spacial score (nSPS) is 16.6. The van der Waals surface area contributed by atoms with E-state index >= 15 is 0 Å². The van der Waals surface area contributed by atoms with Crippen LogP contribution in [0, 0.1) is 0 Å². The van der Waals surface area contributed by atoms with Gasteiger partial charge in [-0.05, 0) is 37.5 Å². The lowest BCUT2D eigenvalue weighted by molar-refractivity contribution is 0.117. The zero-order valence-electron chi connectivity index (χ0n) is 18.4. The number of nitrogens with zero attached hydrogens (tertiary/aromatic N) is 5. The van der Waals surface area contributed by atoms with Gasteiger partial charge in [0.2, 0.25) is 0 Å². The highest BCUT2D eigenvalue weighted by Crippen LogP contribution is 2.14. The van der Waals surface area contributed by atoms with Gasteiger partial charge in [0.05, 0.1) is 19.3 Å². The van der Waals surface area contributed by atoms with Crippen LogP contribution in [0.5, 0.6) is 5.75 Å². The fourth-order valence-electron chi connectivity index (χ4n) is 3.52. The molecule has 1 fully saturated rings. The molecule has 1 atom stereocenters. The number of hydrogen-bond acceptors (Lipinski definition) is 5. The van der Waals surface area contributed by atoms with Crippen molar-refractivity contribution in [3.05, 3.63) is 42.0 Å². The van der Waals surface area contributed by atoms with Crippen LogP contribution in [-0.2, 0) is 24.2 Å². The number of guanidine groups is 1. The van der Waals surface area contributed by atoms with E-state index < -0.39 is 0 Å². The molecule has 1 unspecified atom stereocenters. The second kappa shape index (κ2) is 11.5. The van der Waals surface area contributed by atoms with Crippen LogP contribution in [0.4, 0.5) is 0 Å². The molecule has 2 heterocycles. The SMILES string of the molecule is CCOc1ccc(CN(C)C(=NCC2CCCO2)NCCn2cnnc2CC)cc1. The first-order valence-electron chi connectivity index (χ1n) is 10.9. The first-order valence-corrected chi connectivity index (χ1v) is 10.9. The van der Waals surface area contributed by atoms with Crippen molar-refractivity contribution in [1.82, 2.24) is 25.0 Å². The number of ether oxygens (including phenoxy) is 2. The van der Waals surface area contributed by atoms with Crippen LogP contribution in [0.15, 0.2) is 35.6 Å². The number of aliphatic imine (C=N–C) groups is 1. The van der Waals surface area contributed by atoms with E-state index in [1.807, 2.05) is 19.1 Å². The highest BCUT2D eigenvalue weighted by molar-refractivity contribution is 5.79. The van der Waals surface area contributed by atoms with E-state index in [2.05, 4.69) is 51.1 Å². The summed E-state index contributed by atoms with van der Waals surface area (Å²) in [6.07, 6.45) is 5.09. The standard InChI is InChI=1S/C22H34N6O2/c1-4-21-26-25-17-28(21)13-12-23-22(24-15-20-7-6-14-30-20)27(3)16-18-8-10-19(11-9-18)29-5-2/h8-11,17,20H,4-7,12-16H2,1-3H3,(H,23,24). The Hall–Kier alpha value is -2.61. The van der Waals surface area contributed by atoms with Gasteiger partial charge in [0.15, 0.2) is 5.96 Å². The Morgan fingerprint density at radius 3 is 2.87 bits per heavy atom. The van der Waals surface area contributed by atoms with Gasteiger partial charge in [-0.2, -0.15) is 0 Å². The highest BCUT2D eigenvalue weighted by Gasteiger charge is 2.16. The van der Waals surface area contributed by atoms with Crippen molar-refractivity contribution < 1.29 is 9.47 Å². The van der Waals surface area contributed by atoms with Gasteiger partial charge in [-0.25, -0.2) is 0 Å². The predicted octanol–water partition coefficient (Wildman–Crippen LogP) is 2.50. The monoisotopic (exact) mass is 414 g/mol. The summed E-state index contributed by atoms with van der Waals surface area (Å²) in [4.78, 5) is 7.00. The van der Waals surface area contributed by atoms with Gasteiger partial charge >= 0.3 is 0 Å². The topological polar surface area (TPSA) is 76.8 Å². The average Bonchev–Trinajstić information content (AvgIpc) is 3.43. The third-order valence-corrected chi connectivity index (χ3v) is 5.13. The first kappa shape index (κ1) is 22.1. The van der Waals surface area contributed by atoms with Gasteiger partial charge in [-0.3, -0.25) is 4.99 Å². The summed E-state index contributed by atoms with van der Waals surface area (Å²) in [6.45, 7) is 8.60. The van der Waals surface area contributed by atoms with Crippen LogP contribution in [0.2, 0.25) is 0 Å². The first-order chi connectivity index (χ1) is 14.7. The summed E-state index contributed by atoms with van der Waals surface area (Å²) in [5.74, 6) is 2.78. The van der Waals surface area contributed by atoms with Crippen molar-refractivity contribution in [3.8, 4) is 5.75 Å². The van der Waals surface area contributed by atoms with Gasteiger partial charge in [-0.1, -0.05) is 19.1 Å². The molecule has 1 aromatic heterocycles. The van der Waals surface area contributed by atoms with Gasteiger partial charge < -0.3 is 24.3 Å². The molecule has 0 saturated carbocycles. The minimum absolute atomic E-state index is 0.227. The smallest absolute Gasteiger partial charge is 0.194 e.